The summed E-state index contributed by atoms with van der Waals surface area (Å²) in [6.07, 6.45) is 0.947. The molecular weight excluding hydrogens is 258 g/mol. The summed E-state index contributed by atoms with van der Waals surface area (Å²) in [5.41, 5.74) is 1.23. The first-order valence-electron chi connectivity index (χ1n) is 4.00. The van der Waals surface area contributed by atoms with Crippen LogP contribution in [-0.4, -0.2) is 5.60 Å². The van der Waals surface area contributed by atoms with Crippen molar-refractivity contribution in [1.82, 2.24) is 0 Å². The van der Waals surface area contributed by atoms with E-state index in [2.05, 4.69) is 55.9 Å². The molecule has 0 amide bonds. The molecule has 14 heavy (non-hydrogen) atoms. The first-order chi connectivity index (χ1) is 5.64. The molecule has 0 unspecified atom stereocenters. The molecule has 80 valence electrons. The van der Waals surface area contributed by atoms with Crippen molar-refractivity contribution in [3.05, 3.63) is 35.9 Å². The second-order valence-electron chi connectivity index (χ2n) is 3.51. The average Bonchev–Trinajstić information content (AvgIpc) is 2.06. The molecule has 1 nitrogen and oxygen atoms in total. The van der Waals surface area contributed by atoms with Crippen LogP contribution in [-0.2, 0) is 27.9 Å². The zero-order chi connectivity index (χ0) is 9.03. The van der Waals surface area contributed by atoms with Gasteiger partial charge in [-0.2, -0.15) is 0 Å². The smallest absolute Gasteiger partial charge is 0.147 e. The van der Waals surface area contributed by atoms with Gasteiger partial charge in [-0.15, -0.1) is 24.8 Å². The van der Waals surface area contributed by atoms with Crippen LogP contribution in [0.3, 0.4) is 0 Å². The van der Waals surface area contributed by atoms with Crippen molar-refractivity contribution < 1.29 is 21.4 Å². The predicted molar refractivity (Wildman–Crippen MR) is 59.8 cm³/mol. The number of halogens is 2. The van der Waals surface area contributed by atoms with Crippen LogP contribution in [0.2, 0.25) is 0 Å². The molecular formula is C10H15Cl2OV. The molecule has 1 aromatic carbocycles. The Bertz CT molecular complexity index is 239. The molecule has 0 N–H and O–H groups in total. The summed E-state index contributed by atoms with van der Waals surface area (Å²) in [4.78, 5) is 0. The van der Waals surface area contributed by atoms with Gasteiger partial charge in [0.05, 0.1) is 0 Å². The topological polar surface area (TPSA) is 9.23 Å². The molecule has 0 bridgehead atoms. The molecule has 1 rings (SSSR count). The van der Waals surface area contributed by atoms with Crippen LogP contribution in [0, 0.1) is 0 Å². The van der Waals surface area contributed by atoms with Crippen molar-refractivity contribution in [2.24, 2.45) is 0 Å². The van der Waals surface area contributed by atoms with Crippen LogP contribution in [0.25, 0.3) is 0 Å². The zero-order valence-corrected chi connectivity index (χ0v) is 11.3. The van der Waals surface area contributed by atoms with Crippen molar-refractivity contribution in [3.63, 3.8) is 0 Å². The van der Waals surface area contributed by atoms with Crippen molar-refractivity contribution in [2.75, 3.05) is 0 Å². The quantitative estimate of drug-likeness (QED) is 0.820. The van der Waals surface area contributed by atoms with E-state index >= 15 is 0 Å². The van der Waals surface area contributed by atoms with Gasteiger partial charge in [0.15, 0.2) is 0 Å². The molecule has 0 aromatic heterocycles. The van der Waals surface area contributed by atoms with Gasteiger partial charge in [0.2, 0.25) is 0 Å². The Kier molecular flexibility index (Phi) is 9.11. The minimum absolute atomic E-state index is 0. The third kappa shape index (κ3) is 5.95. The Morgan fingerprint density at radius 3 is 2.07 bits per heavy atom. The zero-order valence-electron chi connectivity index (χ0n) is 8.27. The maximum Gasteiger partial charge on any atom is -0.147 e. The third-order valence-corrected chi connectivity index (χ3v) is 2.49. The molecule has 0 aliphatic heterocycles. The molecule has 0 aliphatic rings. The van der Waals surface area contributed by atoms with Gasteiger partial charge < -0.3 is 0 Å². The molecule has 0 spiro atoms. The fourth-order valence-electron chi connectivity index (χ4n) is 1.12. The Hall–Kier alpha value is 0.344. The predicted octanol–water partition coefficient (Wildman–Crippen LogP) is 3.33. The van der Waals surface area contributed by atoms with E-state index < -0.39 is 0 Å². The Labute approximate surface area is 108 Å². The Morgan fingerprint density at radius 1 is 1.14 bits per heavy atom. The monoisotopic (exact) mass is 272 g/mol. The van der Waals surface area contributed by atoms with E-state index in [0.717, 1.165) is 6.42 Å². The molecule has 0 saturated carbocycles. The fraction of sp³-hybridized carbons (Fsp3) is 0.400. The summed E-state index contributed by atoms with van der Waals surface area (Å²) in [6.45, 7) is 4.16. The SMILES string of the molecule is CC(C)(Cc1ccccc1)[O][V].Cl.Cl. The fourth-order valence-corrected chi connectivity index (χ4v) is 1.22. The molecule has 4 heteroatoms. The van der Waals surface area contributed by atoms with Crippen LogP contribution >= 0.6 is 24.8 Å². The first kappa shape index (κ1) is 16.8. The summed E-state index contributed by atoms with van der Waals surface area (Å²) in [6, 6.07) is 10.4. The van der Waals surface area contributed by atoms with Gasteiger partial charge in [-0.25, -0.2) is 0 Å². The molecule has 0 atom stereocenters. The van der Waals surface area contributed by atoms with E-state index in [1.807, 2.05) is 6.07 Å². The number of hydrogen-bond donors (Lipinski definition) is 0. The molecule has 0 radical (unpaired) electrons. The number of benzene rings is 1. The van der Waals surface area contributed by atoms with E-state index in [1.54, 1.807) is 0 Å². The van der Waals surface area contributed by atoms with Crippen LogP contribution in [0.15, 0.2) is 30.3 Å². The Morgan fingerprint density at radius 2 is 1.64 bits per heavy atom. The number of hydrogen-bond acceptors (Lipinski definition) is 1. The van der Waals surface area contributed by atoms with Crippen LogP contribution in [0.5, 0.6) is 0 Å². The van der Waals surface area contributed by atoms with Gasteiger partial charge >= 0.3 is 83.2 Å². The van der Waals surface area contributed by atoms with E-state index in [-0.39, 0.29) is 30.4 Å². The maximum atomic E-state index is 5.28. The summed E-state index contributed by atoms with van der Waals surface area (Å²) < 4.78 is 5.28. The molecule has 0 aliphatic carbocycles. The minimum atomic E-state index is -0.0820. The van der Waals surface area contributed by atoms with Gasteiger partial charge in [-0.05, 0) is 0 Å². The first-order valence-corrected chi connectivity index (χ1v) is 4.57. The molecule has 0 heterocycles. The summed E-state index contributed by atoms with van der Waals surface area (Å²) >= 11 is 2.18. The van der Waals surface area contributed by atoms with Crippen molar-refractivity contribution in [2.45, 2.75) is 25.9 Å². The number of rotatable bonds is 3. The Balaban J connectivity index is 0. The van der Waals surface area contributed by atoms with Gasteiger partial charge in [0, 0.05) is 0 Å². The minimum Gasteiger partial charge on any atom is -0.147 e. The second kappa shape index (κ2) is 7.61. The van der Waals surface area contributed by atoms with E-state index in [9.17, 15) is 0 Å². The van der Waals surface area contributed by atoms with Gasteiger partial charge in [-0.1, -0.05) is 0 Å². The van der Waals surface area contributed by atoms with Gasteiger partial charge in [-0.3, -0.25) is 0 Å². The maximum absolute atomic E-state index is 5.28. The van der Waals surface area contributed by atoms with Crippen LogP contribution in [0.4, 0.5) is 0 Å². The second-order valence-corrected chi connectivity index (χ2v) is 3.80. The molecule has 1 aromatic rings. The summed E-state index contributed by atoms with van der Waals surface area (Å²) in [5, 5.41) is 0. The normalized spacial score (nSPS) is 9.86. The van der Waals surface area contributed by atoms with Gasteiger partial charge in [0.25, 0.3) is 0 Å². The average molecular weight is 273 g/mol. The van der Waals surface area contributed by atoms with E-state index in [1.165, 1.54) is 5.56 Å². The summed E-state index contributed by atoms with van der Waals surface area (Å²) in [5.74, 6) is 0. The van der Waals surface area contributed by atoms with Crippen molar-refractivity contribution >= 4 is 24.8 Å². The van der Waals surface area contributed by atoms with Crippen LogP contribution in [0.1, 0.15) is 19.4 Å². The van der Waals surface area contributed by atoms with E-state index in [0.29, 0.717) is 0 Å². The third-order valence-electron chi connectivity index (χ3n) is 1.72. The van der Waals surface area contributed by atoms with Crippen LogP contribution < -0.4 is 0 Å². The van der Waals surface area contributed by atoms with Crippen molar-refractivity contribution in [3.8, 4) is 0 Å². The van der Waals surface area contributed by atoms with Gasteiger partial charge in [0.1, 0.15) is 0 Å². The van der Waals surface area contributed by atoms with E-state index in [4.69, 9.17) is 3.66 Å². The standard InChI is InChI=1S/C10H13O.2ClH.V/c1-10(2,11)8-9-6-4-3-5-7-9;;;/h3-7H,8H2,1-2H3;2*1H;/q-1;;;+1. The summed E-state index contributed by atoms with van der Waals surface area (Å²) in [7, 11) is 0. The molecule has 0 saturated heterocycles. The largest absolute Gasteiger partial charge is 0.147 e. The molecule has 0 fully saturated rings. The van der Waals surface area contributed by atoms with Crippen molar-refractivity contribution in [1.29, 1.82) is 0 Å².